The fraction of sp³-hybridized carbons (Fsp3) is 0.476. The molecule has 10 heteroatoms. The van der Waals surface area contributed by atoms with Gasteiger partial charge in [0.1, 0.15) is 11.9 Å². The van der Waals surface area contributed by atoms with Gasteiger partial charge in [0.05, 0.1) is 11.4 Å². The van der Waals surface area contributed by atoms with Crippen LogP contribution in [0.4, 0.5) is 4.39 Å². The summed E-state index contributed by atoms with van der Waals surface area (Å²) >= 11 is 0. The van der Waals surface area contributed by atoms with Crippen molar-refractivity contribution in [2.45, 2.75) is 57.0 Å². The molecule has 2 saturated heterocycles. The summed E-state index contributed by atoms with van der Waals surface area (Å²) in [6.07, 6.45) is 2.08. The van der Waals surface area contributed by atoms with Crippen molar-refractivity contribution in [3.8, 4) is 28.6 Å². The highest BCUT2D eigenvalue weighted by atomic mass is 19.1. The van der Waals surface area contributed by atoms with E-state index in [2.05, 4.69) is 30.5 Å². The molecule has 2 aromatic heterocycles. The number of phenolic OH excluding ortho intramolecular Hbond substituents is 1. The number of aryl methyl sites for hydroxylation is 1. The summed E-state index contributed by atoms with van der Waals surface area (Å²) in [7, 11) is 2.00. The maximum atomic E-state index is 15.0. The summed E-state index contributed by atoms with van der Waals surface area (Å²) in [5.74, 6) is 0.841. The van der Waals surface area contributed by atoms with Gasteiger partial charge in [0, 0.05) is 36.2 Å². The van der Waals surface area contributed by atoms with Gasteiger partial charge in [0.2, 0.25) is 5.88 Å². The summed E-state index contributed by atoms with van der Waals surface area (Å²) in [4.78, 5) is 3.50. The number of nitrogens with zero attached hydrogens (tertiary/aromatic N) is 7. The van der Waals surface area contributed by atoms with Crippen LogP contribution >= 0.6 is 0 Å². The van der Waals surface area contributed by atoms with E-state index in [1.807, 2.05) is 7.05 Å². The van der Waals surface area contributed by atoms with Crippen molar-refractivity contribution in [3.63, 3.8) is 0 Å². The normalized spacial score (nSPS) is 26.0. The van der Waals surface area contributed by atoms with Crippen molar-refractivity contribution in [2.75, 3.05) is 7.05 Å². The third-order valence-corrected chi connectivity index (χ3v) is 6.28. The maximum Gasteiger partial charge on any atom is 0.233 e. The average Bonchev–Trinajstić information content (AvgIpc) is 3.20. The zero-order chi connectivity index (χ0) is 21.5. The molecule has 2 aliphatic rings. The maximum absolute atomic E-state index is 15.0. The molecule has 0 amide bonds. The Kier molecular flexibility index (Phi) is 5.01. The van der Waals surface area contributed by atoms with Crippen molar-refractivity contribution in [3.05, 3.63) is 36.2 Å². The van der Waals surface area contributed by atoms with Crippen LogP contribution in [0.3, 0.4) is 0 Å². The highest BCUT2D eigenvalue weighted by molar-refractivity contribution is 5.68. The van der Waals surface area contributed by atoms with Gasteiger partial charge in [-0.2, -0.15) is 0 Å². The van der Waals surface area contributed by atoms with Gasteiger partial charge in [-0.3, -0.25) is 4.90 Å². The summed E-state index contributed by atoms with van der Waals surface area (Å²) < 4.78 is 20.9. The molecule has 162 valence electrons. The number of hydrogen-bond donors (Lipinski definition) is 1. The second kappa shape index (κ2) is 7.84. The van der Waals surface area contributed by atoms with Crippen LogP contribution in [0.1, 0.15) is 31.5 Å². The zero-order valence-electron chi connectivity index (χ0n) is 17.4. The van der Waals surface area contributed by atoms with Gasteiger partial charge in [0.25, 0.3) is 0 Å². The lowest BCUT2D eigenvalue weighted by molar-refractivity contribution is -0.0640. The number of alkyl halides is 1. The minimum Gasteiger partial charge on any atom is -0.507 e. The number of piperidine rings is 2. The van der Waals surface area contributed by atoms with Gasteiger partial charge >= 0.3 is 0 Å². The van der Waals surface area contributed by atoms with Crippen LogP contribution in [0.15, 0.2) is 30.3 Å². The Balaban J connectivity index is 1.31. The third-order valence-electron chi connectivity index (χ3n) is 6.28. The molecule has 1 N–H and O–H groups in total. The van der Waals surface area contributed by atoms with E-state index in [1.165, 1.54) is 10.9 Å². The molecule has 5 rings (SSSR count). The molecule has 0 radical (unpaired) electrons. The molecule has 4 heterocycles. The Morgan fingerprint density at radius 2 is 2.00 bits per heavy atom. The number of aromatic nitrogens is 6. The molecule has 31 heavy (non-hydrogen) atoms. The van der Waals surface area contributed by atoms with Crippen molar-refractivity contribution < 1.29 is 14.2 Å². The van der Waals surface area contributed by atoms with E-state index in [-0.39, 0.29) is 17.7 Å². The first-order chi connectivity index (χ1) is 15.0. The number of rotatable bonds is 4. The first-order valence-electron chi connectivity index (χ1n) is 10.5. The topological polar surface area (TPSA) is 102 Å². The van der Waals surface area contributed by atoms with Crippen LogP contribution in [-0.2, 0) is 0 Å². The Hall–Kier alpha value is -3.14. The van der Waals surface area contributed by atoms with E-state index < -0.39 is 12.3 Å². The SMILES string of the molecule is Cc1nnn(-c2ccc(-c3ccc(O[C@@H]4CC5CCCC([C@H]4F)N5C)nn3)c(O)c2)n1. The molecule has 0 aliphatic carbocycles. The van der Waals surface area contributed by atoms with Crippen molar-refractivity contribution in [1.82, 2.24) is 35.3 Å². The van der Waals surface area contributed by atoms with Crippen LogP contribution in [0.2, 0.25) is 0 Å². The Labute approximate surface area is 178 Å². The van der Waals surface area contributed by atoms with Crippen LogP contribution in [-0.4, -0.2) is 71.8 Å². The molecule has 0 saturated carbocycles. The predicted molar refractivity (Wildman–Crippen MR) is 110 cm³/mol. The number of benzene rings is 1. The Morgan fingerprint density at radius 1 is 1.13 bits per heavy atom. The fourth-order valence-corrected chi connectivity index (χ4v) is 4.60. The zero-order valence-corrected chi connectivity index (χ0v) is 17.4. The fourth-order valence-electron chi connectivity index (χ4n) is 4.60. The van der Waals surface area contributed by atoms with E-state index in [0.717, 1.165) is 19.3 Å². The number of fused-ring (bicyclic) bond motifs is 2. The quantitative estimate of drug-likeness (QED) is 0.680. The van der Waals surface area contributed by atoms with Gasteiger partial charge in [0.15, 0.2) is 12.0 Å². The summed E-state index contributed by atoms with van der Waals surface area (Å²) in [5, 5.41) is 30.6. The Morgan fingerprint density at radius 3 is 2.71 bits per heavy atom. The van der Waals surface area contributed by atoms with E-state index in [0.29, 0.717) is 35.2 Å². The van der Waals surface area contributed by atoms with E-state index >= 15 is 0 Å². The number of phenols is 1. The number of halogens is 1. The molecule has 2 aliphatic heterocycles. The van der Waals surface area contributed by atoms with E-state index in [4.69, 9.17) is 4.74 Å². The lowest BCUT2D eigenvalue weighted by Crippen LogP contribution is -2.59. The van der Waals surface area contributed by atoms with Crippen LogP contribution in [0.25, 0.3) is 16.9 Å². The predicted octanol–water partition coefficient (Wildman–Crippen LogP) is 2.48. The number of tetrazole rings is 1. The second-order valence-electron chi connectivity index (χ2n) is 8.24. The molecular formula is C21H24FN7O2. The van der Waals surface area contributed by atoms with E-state index in [1.54, 1.807) is 31.2 Å². The second-order valence-corrected chi connectivity index (χ2v) is 8.24. The van der Waals surface area contributed by atoms with Crippen LogP contribution in [0.5, 0.6) is 11.6 Å². The summed E-state index contributed by atoms with van der Waals surface area (Å²) in [6.45, 7) is 1.74. The molecule has 1 aromatic carbocycles. The number of hydrogen-bond acceptors (Lipinski definition) is 8. The first kappa shape index (κ1) is 19.8. The summed E-state index contributed by atoms with van der Waals surface area (Å²) in [5.41, 5.74) is 1.57. The van der Waals surface area contributed by atoms with Gasteiger partial charge in [-0.05, 0) is 50.2 Å². The number of aromatic hydroxyl groups is 1. The van der Waals surface area contributed by atoms with Gasteiger partial charge in [-0.25, -0.2) is 4.39 Å². The van der Waals surface area contributed by atoms with Gasteiger partial charge in [-0.1, -0.05) is 6.42 Å². The largest absolute Gasteiger partial charge is 0.507 e. The highest BCUT2D eigenvalue weighted by Crippen LogP contribution is 2.36. The van der Waals surface area contributed by atoms with Crippen LogP contribution < -0.4 is 4.74 Å². The molecule has 4 atom stereocenters. The molecule has 9 nitrogen and oxygen atoms in total. The standard InChI is InChI=1S/C21H24FN7O2/c1-12-23-27-29(26-12)14-6-7-15(18(30)10-14)16-8-9-20(25-24-16)31-19-11-13-4-3-5-17(21(19)22)28(13)2/h6-10,13,17,19,21,30H,3-5,11H2,1-2H3/t13?,17?,19-,21-/m1/s1. The van der Waals surface area contributed by atoms with Crippen molar-refractivity contribution in [1.29, 1.82) is 0 Å². The van der Waals surface area contributed by atoms with E-state index in [9.17, 15) is 9.50 Å². The van der Waals surface area contributed by atoms with Gasteiger partial charge in [-0.15, -0.1) is 25.2 Å². The third kappa shape index (κ3) is 3.71. The minimum atomic E-state index is -1.05. The van der Waals surface area contributed by atoms with Crippen molar-refractivity contribution in [2.24, 2.45) is 0 Å². The highest BCUT2D eigenvalue weighted by Gasteiger charge is 2.45. The Bertz CT molecular complexity index is 1070. The molecule has 2 fully saturated rings. The molecule has 2 bridgehead atoms. The molecular weight excluding hydrogens is 401 g/mol. The van der Waals surface area contributed by atoms with Crippen LogP contribution in [0, 0.1) is 6.92 Å². The van der Waals surface area contributed by atoms with Gasteiger partial charge < -0.3 is 9.84 Å². The monoisotopic (exact) mass is 425 g/mol. The minimum absolute atomic E-state index is 0.0161. The molecule has 3 aromatic rings. The lowest BCUT2D eigenvalue weighted by atomic mass is 9.82. The number of ether oxygens (including phenoxy) is 1. The lowest BCUT2D eigenvalue weighted by Gasteiger charge is -2.48. The molecule has 2 unspecified atom stereocenters. The first-order valence-corrected chi connectivity index (χ1v) is 10.5. The van der Waals surface area contributed by atoms with Crippen molar-refractivity contribution >= 4 is 0 Å². The average molecular weight is 425 g/mol. The smallest absolute Gasteiger partial charge is 0.233 e. The summed E-state index contributed by atoms with van der Waals surface area (Å²) in [6, 6.07) is 8.63. The molecule has 0 spiro atoms.